The molecule has 0 saturated carbocycles. The highest BCUT2D eigenvalue weighted by atomic mass is 16.6. The summed E-state index contributed by atoms with van der Waals surface area (Å²) in [5.41, 5.74) is 0.615. The molecule has 7 heteroatoms. The summed E-state index contributed by atoms with van der Waals surface area (Å²) in [6.45, 7) is -0.424. The lowest BCUT2D eigenvalue weighted by atomic mass is 10.2. The van der Waals surface area contributed by atoms with Crippen LogP contribution in [-0.2, 0) is 0 Å². The maximum Gasteiger partial charge on any atom is 0.270 e. The second-order valence-corrected chi connectivity index (χ2v) is 4.04. The summed E-state index contributed by atoms with van der Waals surface area (Å²) in [6, 6.07) is 7.25. The van der Waals surface area contributed by atoms with Crippen molar-refractivity contribution in [3.63, 3.8) is 0 Å². The number of fused-ring (bicyclic) bond motifs is 1. The van der Waals surface area contributed by atoms with Gasteiger partial charge >= 0.3 is 0 Å². The van der Waals surface area contributed by atoms with Crippen LogP contribution >= 0.6 is 0 Å². The fourth-order valence-electron chi connectivity index (χ4n) is 1.67. The van der Waals surface area contributed by atoms with Crippen molar-refractivity contribution in [1.82, 2.24) is 4.98 Å². The first-order valence-electron chi connectivity index (χ1n) is 5.67. The number of nitro groups is 1. The molecule has 0 amide bonds. The first kappa shape index (κ1) is 13.2. The number of hydrogen-bond donors (Lipinski definition) is 3. The van der Waals surface area contributed by atoms with Crippen molar-refractivity contribution in [1.29, 1.82) is 0 Å². The predicted molar refractivity (Wildman–Crippen MR) is 70.0 cm³/mol. The third-order valence-corrected chi connectivity index (χ3v) is 2.68. The molecule has 2 rings (SSSR count). The lowest BCUT2D eigenvalue weighted by Crippen LogP contribution is -2.28. The van der Waals surface area contributed by atoms with Gasteiger partial charge in [-0.1, -0.05) is 0 Å². The number of nitrogens with zero attached hydrogens (tertiary/aromatic N) is 2. The van der Waals surface area contributed by atoms with Crippen LogP contribution < -0.4 is 5.32 Å². The van der Waals surface area contributed by atoms with Gasteiger partial charge in [0.15, 0.2) is 0 Å². The van der Waals surface area contributed by atoms with Gasteiger partial charge in [0, 0.05) is 17.5 Å². The van der Waals surface area contributed by atoms with Gasteiger partial charge in [-0.25, -0.2) is 4.98 Å². The minimum absolute atomic E-state index is 0.0126. The van der Waals surface area contributed by atoms with Crippen molar-refractivity contribution in [3.05, 3.63) is 40.4 Å². The van der Waals surface area contributed by atoms with Gasteiger partial charge in [-0.05, 0) is 18.2 Å². The SMILES string of the molecule is O=[N+]([O-])c1ccc2nc(NC(CO)CO)ccc2c1. The van der Waals surface area contributed by atoms with E-state index >= 15 is 0 Å². The predicted octanol–water partition coefficient (Wildman–Crippen LogP) is 0.908. The Morgan fingerprint density at radius 3 is 2.63 bits per heavy atom. The van der Waals surface area contributed by atoms with E-state index in [2.05, 4.69) is 10.3 Å². The first-order valence-corrected chi connectivity index (χ1v) is 5.67. The Bertz CT molecular complexity index is 599. The largest absolute Gasteiger partial charge is 0.394 e. The van der Waals surface area contributed by atoms with Crippen LogP contribution in [0.5, 0.6) is 0 Å². The van der Waals surface area contributed by atoms with Crippen LogP contribution in [0.1, 0.15) is 0 Å². The van der Waals surface area contributed by atoms with Gasteiger partial charge < -0.3 is 15.5 Å². The zero-order chi connectivity index (χ0) is 13.8. The number of aliphatic hydroxyl groups excluding tert-OH is 2. The topological polar surface area (TPSA) is 109 Å². The maximum absolute atomic E-state index is 10.7. The summed E-state index contributed by atoms with van der Waals surface area (Å²) >= 11 is 0. The Balaban J connectivity index is 2.31. The summed E-state index contributed by atoms with van der Waals surface area (Å²) in [4.78, 5) is 14.4. The number of aliphatic hydroxyl groups is 2. The smallest absolute Gasteiger partial charge is 0.270 e. The highest BCUT2D eigenvalue weighted by molar-refractivity contribution is 5.82. The highest BCUT2D eigenvalue weighted by Crippen LogP contribution is 2.21. The number of aromatic nitrogens is 1. The molecule has 7 nitrogen and oxygen atoms in total. The Labute approximate surface area is 108 Å². The molecule has 0 aliphatic carbocycles. The molecule has 19 heavy (non-hydrogen) atoms. The lowest BCUT2D eigenvalue weighted by molar-refractivity contribution is -0.384. The van der Waals surface area contributed by atoms with E-state index in [1.165, 1.54) is 12.1 Å². The molecule has 0 spiro atoms. The number of anilines is 1. The van der Waals surface area contributed by atoms with Crippen LogP contribution in [0, 0.1) is 10.1 Å². The van der Waals surface area contributed by atoms with Gasteiger partial charge in [0.05, 0.1) is 29.7 Å². The first-order chi connectivity index (χ1) is 9.13. The van der Waals surface area contributed by atoms with Crippen molar-refractivity contribution < 1.29 is 15.1 Å². The number of benzene rings is 1. The molecule has 0 fully saturated rings. The average molecular weight is 263 g/mol. The molecule has 1 aromatic heterocycles. The minimum atomic E-state index is -0.483. The summed E-state index contributed by atoms with van der Waals surface area (Å²) < 4.78 is 0. The van der Waals surface area contributed by atoms with Gasteiger partial charge in [-0.3, -0.25) is 10.1 Å². The monoisotopic (exact) mass is 263 g/mol. The molecule has 0 unspecified atom stereocenters. The van der Waals surface area contributed by atoms with E-state index in [4.69, 9.17) is 10.2 Å². The Hall–Kier alpha value is -2.25. The van der Waals surface area contributed by atoms with Gasteiger partial charge in [-0.15, -0.1) is 0 Å². The minimum Gasteiger partial charge on any atom is -0.394 e. The van der Waals surface area contributed by atoms with E-state index in [9.17, 15) is 10.1 Å². The van der Waals surface area contributed by atoms with Crippen LogP contribution in [0.2, 0.25) is 0 Å². The van der Waals surface area contributed by atoms with E-state index in [0.717, 1.165) is 0 Å². The third kappa shape index (κ3) is 2.95. The molecule has 3 N–H and O–H groups in total. The molecule has 1 heterocycles. The van der Waals surface area contributed by atoms with Crippen molar-refractivity contribution in [2.24, 2.45) is 0 Å². The van der Waals surface area contributed by atoms with Crippen molar-refractivity contribution in [2.75, 3.05) is 18.5 Å². The molecule has 0 aliphatic heterocycles. The van der Waals surface area contributed by atoms with Crippen molar-refractivity contribution in [3.8, 4) is 0 Å². The van der Waals surface area contributed by atoms with E-state index in [1.54, 1.807) is 18.2 Å². The van der Waals surface area contributed by atoms with E-state index in [0.29, 0.717) is 16.7 Å². The molecule has 0 atom stereocenters. The van der Waals surface area contributed by atoms with Crippen molar-refractivity contribution in [2.45, 2.75) is 6.04 Å². The van der Waals surface area contributed by atoms with Gasteiger partial charge in [0.1, 0.15) is 5.82 Å². The molecule has 2 aromatic rings. The van der Waals surface area contributed by atoms with Gasteiger partial charge in [0.2, 0.25) is 0 Å². The third-order valence-electron chi connectivity index (χ3n) is 2.68. The summed E-state index contributed by atoms with van der Waals surface area (Å²) in [6.07, 6.45) is 0. The van der Waals surface area contributed by atoms with E-state index < -0.39 is 11.0 Å². The van der Waals surface area contributed by atoms with Gasteiger partial charge in [-0.2, -0.15) is 0 Å². The molecular formula is C12H13N3O4. The summed E-state index contributed by atoms with van der Waals surface area (Å²) in [5.74, 6) is 0.495. The molecule has 0 radical (unpaired) electrons. The maximum atomic E-state index is 10.7. The molecule has 1 aromatic carbocycles. The number of rotatable bonds is 5. The number of nitrogens with one attached hydrogen (secondary N) is 1. The number of non-ortho nitro benzene ring substituents is 1. The molecule has 0 bridgehead atoms. The Kier molecular flexibility index (Phi) is 3.88. The normalized spacial score (nSPS) is 10.9. The number of pyridine rings is 1. The average Bonchev–Trinajstić information content (AvgIpc) is 2.43. The number of nitro benzene ring substituents is 1. The highest BCUT2D eigenvalue weighted by Gasteiger charge is 2.09. The summed E-state index contributed by atoms with van der Waals surface area (Å²) in [5, 5.41) is 32.1. The van der Waals surface area contributed by atoms with Gasteiger partial charge in [0.25, 0.3) is 5.69 Å². The standard InChI is InChI=1S/C12H13N3O4/c16-6-9(7-17)13-12-4-1-8-5-10(15(18)19)2-3-11(8)14-12/h1-5,9,16-17H,6-7H2,(H,13,14). The fourth-order valence-corrected chi connectivity index (χ4v) is 1.67. The lowest BCUT2D eigenvalue weighted by Gasteiger charge is -2.14. The molecule has 0 saturated heterocycles. The molecular weight excluding hydrogens is 250 g/mol. The quantitative estimate of drug-likeness (QED) is 0.546. The molecule has 100 valence electrons. The fraction of sp³-hybridized carbons (Fsp3) is 0.250. The Morgan fingerprint density at radius 1 is 1.26 bits per heavy atom. The van der Waals surface area contributed by atoms with Crippen LogP contribution in [0.3, 0.4) is 0 Å². The second kappa shape index (κ2) is 5.59. The second-order valence-electron chi connectivity index (χ2n) is 4.04. The zero-order valence-electron chi connectivity index (χ0n) is 9.98. The zero-order valence-corrected chi connectivity index (χ0v) is 9.98. The van der Waals surface area contributed by atoms with Crippen LogP contribution in [-0.4, -0.2) is 39.4 Å². The molecule has 0 aliphatic rings. The Morgan fingerprint density at radius 2 is 2.00 bits per heavy atom. The van der Waals surface area contributed by atoms with Crippen LogP contribution in [0.4, 0.5) is 11.5 Å². The number of hydrogen-bond acceptors (Lipinski definition) is 6. The van der Waals surface area contributed by atoms with E-state index in [1.807, 2.05) is 0 Å². The summed E-state index contributed by atoms with van der Waals surface area (Å²) in [7, 11) is 0. The van der Waals surface area contributed by atoms with E-state index in [-0.39, 0.29) is 18.9 Å². The van der Waals surface area contributed by atoms with Crippen LogP contribution in [0.25, 0.3) is 10.9 Å². The van der Waals surface area contributed by atoms with Crippen LogP contribution in [0.15, 0.2) is 30.3 Å². The van der Waals surface area contributed by atoms with Crippen molar-refractivity contribution >= 4 is 22.4 Å².